The first-order chi connectivity index (χ1) is 5.92. The first-order valence-electron chi connectivity index (χ1n) is 4.50. The van der Waals surface area contributed by atoms with E-state index in [2.05, 4.69) is 4.90 Å². The van der Waals surface area contributed by atoms with Gasteiger partial charge in [0.1, 0.15) is 9.84 Å². The van der Waals surface area contributed by atoms with E-state index < -0.39 is 9.84 Å². The Bertz CT molecular complexity index is 258. The first-order valence-corrected chi connectivity index (χ1v) is 6.32. The Hall–Kier alpha value is -0.130. The number of nitrogens with two attached hydrogens (primary N) is 1. The maximum absolute atomic E-state index is 11.2. The lowest BCUT2D eigenvalue weighted by atomic mass is 9.91. The number of rotatable bonds is 2. The van der Waals surface area contributed by atoms with Crippen LogP contribution in [0.5, 0.6) is 0 Å². The van der Waals surface area contributed by atoms with E-state index in [0.29, 0.717) is 19.4 Å². The summed E-state index contributed by atoms with van der Waals surface area (Å²) in [5.41, 5.74) is 5.60. The van der Waals surface area contributed by atoms with Crippen LogP contribution in [0.1, 0.15) is 12.8 Å². The van der Waals surface area contributed by atoms with Crippen molar-refractivity contribution in [3.8, 4) is 0 Å². The molecule has 1 aliphatic rings. The fourth-order valence-corrected chi connectivity index (χ4v) is 3.34. The third-order valence-corrected chi connectivity index (χ3v) is 4.74. The Kier molecular flexibility index (Phi) is 2.99. The minimum absolute atomic E-state index is 0.0919. The summed E-state index contributed by atoms with van der Waals surface area (Å²) < 4.78 is 22.4. The van der Waals surface area contributed by atoms with Gasteiger partial charge >= 0.3 is 0 Å². The quantitative estimate of drug-likeness (QED) is 0.659. The maximum Gasteiger partial charge on any atom is 0.150 e. The molecule has 78 valence electrons. The molecule has 0 saturated carbocycles. The van der Waals surface area contributed by atoms with Crippen LogP contribution in [0.15, 0.2) is 0 Å². The molecule has 1 rings (SSSR count). The average Bonchev–Trinajstić information content (AvgIpc) is 2.05. The lowest BCUT2D eigenvalue weighted by molar-refractivity contribution is 0.145. The van der Waals surface area contributed by atoms with Crippen LogP contribution in [0.25, 0.3) is 0 Å². The van der Waals surface area contributed by atoms with Crippen molar-refractivity contribution >= 4 is 9.84 Å². The summed E-state index contributed by atoms with van der Waals surface area (Å²) in [6, 6.07) is 0. The zero-order chi connectivity index (χ0) is 10.1. The number of hydrogen-bond acceptors (Lipinski definition) is 4. The summed E-state index contributed by atoms with van der Waals surface area (Å²) in [7, 11) is 1.15. The van der Waals surface area contributed by atoms with E-state index in [4.69, 9.17) is 5.73 Å². The van der Waals surface area contributed by atoms with Crippen molar-refractivity contribution in [1.82, 2.24) is 4.90 Å². The highest BCUT2D eigenvalue weighted by Crippen LogP contribution is 2.26. The molecule has 2 N–H and O–H groups in total. The van der Waals surface area contributed by atoms with E-state index in [1.165, 1.54) is 0 Å². The highest BCUT2D eigenvalue weighted by atomic mass is 32.2. The molecule has 1 saturated heterocycles. The lowest BCUT2D eigenvalue weighted by Gasteiger charge is -2.41. The molecule has 13 heavy (non-hydrogen) atoms. The SMILES string of the molecule is CN(C)C1(CN)CCS(=O)(=O)CC1. The van der Waals surface area contributed by atoms with Crippen molar-refractivity contribution in [2.24, 2.45) is 5.73 Å². The molecule has 0 aromatic carbocycles. The third kappa shape index (κ3) is 2.21. The average molecular weight is 206 g/mol. The van der Waals surface area contributed by atoms with Gasteiger partial charge in [0.25, 0.3) is 0 Å². The minimum atomic E-state index is -2.78. The fraction of sp³-hybridized carbons (Fsp3) is 1.00. The van der Waals surface area contributed by atoms with Crippen molar-refractivity contribution in [3.05, 3.63) is 0 Å². The van der Waals surface area contributed by atoms with Crippen LogP contribution in [0.3, 0.4) is 0 Å². The number of likely N-dealkylation sites (N-methyl/N-ethyl adjacent to an activating group) is 1. The van der Waals surface area contributed by atoms with Crippen LogP contribution >= 0.6 is 0 Å². The molecule has 0 unspecified atom stereocenters. The van der Waals surface area contributed by atoms with E-state index >= 15 is 0 Å². The predicted molar refractivity (Wildman–Crippen MR) is 53.4 cm³/mol. The molecule has 0 aromatic rings. The summed E-state index contributed by atoms with van der Waals surface area (Å²) >= 11 is 0. The van der Waals surface area contributed by atoms with E-state index in [0.717, 1.165) is 0 Å². The fourth-order valence-electron chi connectivity index (χ4n) is 1.75. The van der Waals surface area contributed by atoms with Crippen LogP contribution in [0.4, 0.5) is 0 Å². The van der Waals surface area contributed by atoms with Crippen LogP contribution < -0.4 is 5.73 Å². The summed E-state index contributed by atoms with van der Waals surface area (Å²) in [6.45, 7) is 0.537. The molecule has 0 amide bonds. The van der Waals surface area contributed by atoms with Gasteiger partial charge in [0.2, 0.25) is 0 Å². The lowest BCUT2D eigenvalue weighted by Crippen LogP contribution is -2.54. The van der Waals surface area contributed by atoms with Crippen LogP contribution in [0, 0.1) is 0 Å². The molecule has 1 aliphatic heterocycles. The summed E-state index contributed by atoms with van der Waals surface area (Å²) in [5, 5.41) is 0. The van der Waals surface area contributed by atoms with Crippen LogP contribution in [-0.2, 0) is 9.84 Å². The van der Waals surface area contributed by atoms with Gasteiger partial charge in [0.15, 0.2) is 0 Å². The Labute approximate surface area is 80.0 Å². The van der Waals surface area contributed by atoms with Gasteiger partial charge < -0.3 is 10.6 Å². The Morgan fingerprint density at radius 1 is 1.31 bits per heavy atom. The van der Waals surface area contributed by atoms with Gasteiger partial charge in [-0.15, -0.1) is 0 Å². The first kappa shape index (κ1) is 10.9. The summed E-state index contributed by atoms with van der Waals surface area (Å²) in [5.74, 6) is 0.560. The van der Waals surface area contributed by atoms with Gasteiger partial charge in [0.05, 0.1) is 11.5 Å². The van der Waals surface area contributed by atoms with Crippen LogP contribution in [0.2, 0.25) is 0 Å². The van der Waals surface area contributed by atoms with E-state index in [1.54, 1.807) is 0 Å². The molecule has 0 bridgehead atoms. The van der Waals surface area contributed by atoms with Crippen molar-refractivity contribution in [1.29, 1.82) is 0 Å². The molecule has 5 heteroatoms. The van der Waals surface area contributed by atoms with Gasteiger partial charge in [-0.25, -0.2) is 8.42 Å². The standard InChI is InChI=1S/C8H18N2O2S/c1-10(2)8(7-9)3-5-13(11,12)6-4-8/h3-7,9H2,1-2H3. The van der Waals surface area contributed by atoms with E-state index in [9.17, 15) is 8.42 Å². The Balaban J connectivity index is 2.75. The topological polar surface area (TPSA) is 63.4 Å². The molecule has 0 spiro atoms. The summed E-state index contributed by atoms with van der Waals surface area (Å²) in [6.07, 6.45) is 1.33. The Morgan fingerprint density at radius 2 is 1.77 bits per heavy atom. The van der Waals surface area contributed by atoms with E-state index in [1.807, 2.05) is 14.1 Å². The Morgan fingerprint density at radius 3 is 2.08 bits per heavy atom. The van der Waals surface area contributed by atoms with Gasteiger partial charge in [-0.05, 0) is 26.9 Å². The minimum Gasteiger partial charge on any atom is -0.329 e. The zero-order valence-corrected chi connectivity index (χ0v) is 9.10. The van der Waals surface area contributed by atoms with Gasteiger partial charge in [0, 0.05) is 12.1 Å². The largest absolute Gasteiger partial charge is 0.329 e. The number of sulfone groups is 1. The van der Waals surface area contributed by atoms with Gasteiger partial charge in [-0.3, -0.25) is 0 Å². The van der Waals surface area contributed by atoms with Crippen molar-refractivity contribution in [2.45, 2.75) is 18.4 Å². The van der Waals surface area contributed by atoms with Crippen LogP contribution in [-0.4, -0.2) is 51.0 Å². The molecule has 1 heterocycles. The second kappa shape index (κ2) is 3.55. The second-order valence-electron chi connectivity index (χ2n) is 3.97. The van der Waals surface area contributed by atoms with Gasteiger partial charge in [-0.2, -0.15) is 0 Å². The molecule has 0 aliphatic carbocycles. The molecule has 1 fully saturated rings. The maximum atomic E-state index is 11.2. The van der Waals surface area contributed by atoms with E-state index in [-0.39, 0.29) is 17.0 Å². The smallest absolute Gasteiger partial charge is 0.150 e. The molecule has 4 nitrogen and oxygen atoms in total. The molecule has 0 aromatic heterocycles. The molecular weight excluding hydrogens is 188 g/mol. The third-order valence-electron chi connectivity index (χ3n) is 3.09. The normalized spacial score (nSPS) is 26.2. The van der Waals surface area contributed by atoms with Crippen molar-refractivity contribution in [2.75, 3.05) is 32.1 Å². The van der Waals surface area contributed by atoms with Crippen molar-refractivity contribution < 1.29 is 8.42 Å². The highest BCUT2D eigenvalue weighted by molar-refractivity contribution is 7.91. The molecule has 0 atom stereocenters. The zero-order valence-electron chi connectivity index (χ0n) is 8.28. The molecular formula is C8H18N2O2S. The molecule has 0 radical (unpaired) electrons. The second-order valence-corrected chi connectivity index (χ2v) is 6.28. The predicted octanol–water partition coefficient (Wildman–Crippen LogP) is -0.546. The van der Waals surface area contributed by atoms with Crippen molar-refractivity contribution in [3.63, 3.8) is 0 Å². The highest BCUT2D eigenvalue weighted by Gasteiger charge is 2.37. The summed E-state index contributed by atoms with van der Waals surface area (Å²) in [4.78, 5) is 2.06. The van der Waals surface area contributed by atoms with Gasteiger partial charge in [-0.1, -0.05) is 0 Å². The monoisotopic (exact) mass is 206 g/mol. The number of nitrogens with zero attached hydrogens (tertiary/aromatic N) is 1. The number of hydrogen-bond donors (Lipinski definition) is 1.